The molecule has 0 aliphatic heterocycles. The molecule has 29 heavy (non-hydrogen) atoms. The molecular formula is C21H20N4O4. The number of aromatic nitrogens is 1. The number of methoxy groups -OCH3 is 1. The maximum absolute atomic E-state index is 12.0. The number of nitrogens with zero attached hydrogens (tertiary/aromatic N) is 2. The van der Waals surface area contributed by atoms with Crippen LogP contribution in [-0.2, 0) is 17.8 Å². The third-order valence-electron chi connectivity index (χ3n) is 4.20. The molecule has 0 aliphatic carbocycles. The molecule has 0 saturated heterocycles. The van der Waals surface area contributed by atoms with Gasteiger partial charge in [0, 0.05) is 19.2 Å². The first-order chi connectivity index (χ1) is 14.1. The van der Waals surface area contributed by atoms with Crippen molar-refractivity contribution in [3.05, 3.63) is 93.7 Å². The Labute approximate surface area is 167 Å². The molecule has 3 aromatic rings. The van der Waals surface area contributed by atoms with Crippen LogP contribution in [0.4, 0.5) is 17.2 Å². The molecule has 148 valence electrons. The molecule has 0 unspecified atom stereocenters. The summed E-state index contributed by atoms with van der Waals surface area (Å²) in [5, 5.41) is 17.8. The monoisotopic (exact) mass is 392 g/mol. The molecule has 0 bridgehead atoms. The Kier molecular flexibility index (Phi) is 6.36. The zero-order valence-electron chi connectivity index (χ0n) is 15.8. The minimum absolute atomic E-state index is 0.00249. The Bertz CT molecular complexity index is 930. The number of nitrogens with one attached hydrogen (secondary N) is 2. The van der Waals surface area contributed by atoms with Crippen molar-refractivity contribution >= 4 is 23.2 Å². The lowest BCUT2D eigenvalue weighted by Crippen LogP contribution is -2.13. The number of nitro groups is 1. The van der Waals surface area contributed by atoms with Gasteiger partial charge < -0.3 is 15.4 Å². The van der Waals surface area contributed by atoms with E-state index in [1.165, 1.54) is 13.2 Å². The predicted octanol–water partition coefficient (Wildman–Crippen LogP) is 4.00. The van der Waals surface area contributed by atoms with Crippen molar-refractivity contribution in [2.24, 2.45) is 0 Å². The summed E-state index contributed by atoms with van der Waals surface area (Å²) in [5.41, 5.74) is 1.79. The van der Waals surface area contributed by atoms with Gasteiger partial charge in [-0.2, -0.15) is 0 Å². The number of hydrogen-bond donors (Lipinski definition) is 2. The van der Waals surface area contributed by atoms with E-state index in [-0.39, 0.29) is 22.9 Å². The van der Waals surface area contributed by atoms with E-state index in [1.54, 1.807) is 0 Å². The smallest absolute Gasteiger partial charge is 0.356 e. The standard InChI is InChI=1S/C21H20N4O4/c1-29-21(26)18-12-17(22-13-15-8-4-2-5-9-15)19(25(27)28)20(24-18)23-14-16-10-6-3-7-11-16/h2-12H,13-14H2,1H3,(H2,22,23,24). The summed E-state index contributed by atoms with van der Waals surface area (Å²) in [6.07, 6.45) is 0. The van der Waals surface area contributed by atoms with E-state index in [0.717, 1.165) is 11.1 Å². The van der Waals surface area contributed by atoms with Crippen LogP contribution in [-0.4, -0.2) is 23.0 Å². The topological polar surface area (TPSA) is 106 Å². The number of anilines is 2. The maximum Gasteiger partial charge on any atom is 0.356 e. The van der Waals surface area contributed by atoms with E-state index >= 15 is 0 Å². The second kappa shape index (κ2) is 9.32. The molecule has 0 spiro atoms. The summed E-state index contributed by atoms with van der Waals surface area (Å²) in [4.78, 5) is 27.4. The summed E-state index contributed by atoms with van der Waals surface area (Å²) >= 11 is 0. The largest absolute Gasteiger partial charge is 0.464 e. The minimum atomic E-state index is -0.676. The van der Waals surface area contributed by atoms with Crippen molar-refractivity contribution in [3.8, 4) is 0 Å². The molecule has 3 rings (SSSR count). The molecule has 8 heteroatoms. The zero-order valence-corrected chi connectivity index (χ0v) is 15.8. The molecule has 0 radical (unpaired) electrons. The molecule has 8 nitrogen and oxygen atoms in total. The lowest BCUT2D eigenvalue weighted by molar-refractivity contribution is -0.383. The fourth-order valence-electron chi connectivity index (χ4n) is 2.77. The third kappa shape index (κ3) is 5.07. The van der Waals surface area contributed by atoms with Crippen molar-refractivity contribution < 1.29 is 14.5 Å². The molecule has 1 heterocycles. The Morgan fingerprint density at radius 1 is 1.00 bits per heavy atom. The van der Waals surface area contributed by atoms with Crippen LogP contribution in [0.3, 0.4) is 0 Å². The fourth-order valence-corrected chi connectivity index (χ4v) is 2.77. The second-order valence-corrected chi connectivity index (χ2v) is 6.18. The number of hydrogen-bond acceptors (Lipinski definition) is 7. The Hall–Kier alpha value is -3.94. The molecule has 0 amide bonds. The number of ether oxygens (including phenoxy) is 1. The predicted molar refractivity (Wildman–Crippen MR) is 110 cm³/mol. The van der Waals surface area contributed by atoms with Crippen molar-refractivity contribution in [1.29, 1.82) is 0 Å². The fraction of sp³-hybridized carbons (Fsp3) is 0.143. The lowest BCUT2D eigenvalue weighted by Gasteiger charge is -2.13. The highest BCUT2D eigenvalue weighted by Gasteiger charge is 2.25. The molecule has 0 atom stereocenters. The summed E-state index contributed by atoms with van der Waals surface area (Å²) in [6, 6.07) is 20.2. The van der Waals surface area contributed by atoms with E-state index in [4.69, 9.17) is 4.74 Å². The van der Waals surface area contributed by atoms with Crippen LogP contribution in [0, 0.1) is 10.1 Å². The lowest BCUT2D eigenvalue weighted by atomic mass is 10.2. The SMILES string of the molecule is COC(=O)c1cc(NCc2ccccc2)c([N+](=O)[O-])c(NCc2ccccc2)n1. The third-order valence-corrected chi connectivity index (χ3v) is 4.20. The number of pyridine rings is 1. The van der Waals surface area contributed by atoms with Gasteiger partial charge in [0.25, 0.3) is 0 Å². The van der Waals surface area contributed by atoms with Crippen LogP contribution in [0.25, 0.3) is 0 Å². The average molecular weight is 392 g/mol. The normalized spacial score (nSPS) is 10.2. The first-order valence-electron chi connectivity index (χ1n) is 8.92. The van der Waals surface area contributed by atoms with Crippen molar-refractivity contribution in [2.45, 2.75) is 13.1 Å². The number of carbonyl (C=O) groups excluding carboxylic acids is 1. The number of benzene rings is 2. The second-order valence-electron chi connectivity index (χ2n) is 6.18. The van der Waals surface area contributed by atoms with Gasteiger partial charge in [0.2, 0.25) is 5.82 Å². The molecular weight excluding hydrogens is 372 g/mol. The molecule has 0 aliphatic rings. The van der Waals surface area contributed by atoms with Gasteiger partial charge in [0.05, 0.1) is 12.0 Å². The van der Waals surface area contributed by atoms with Crippen LogP contribution in [0.2, 0.25) is 0 Å². The van der Waals surface area contributed by atoms with E-state index in [0.29, 0.717) is 13.1 Å². The van der Waals surface area contributed by atoms with E-state index in [9.17, 15) is 14.9 Å². The van der Waals surface area contributed by atoms with Gasteiger partial charge in [-0.15, -0.1) is 0 Å². The highest BCUT2D eigenvalue weighted by atomic mass is 16.6. The molecule has 0 fully saturated rings. The Morgan fingerprint density at radius 2 is 1.55 bits per heavy atom. The van der Waals surface area contributed by atoms with Crippen molar-refractivity contribution in [1.82, 2.24) is 4.98 Å². The molecule has 2 N–H and O–H groups in total. The molecule has 1 aromatic heterocycles. The first kappa shape index (κ1) is 19.8. The molecule has 0 saturated carbocycles. The number of rotatable bonds is 8. The number of esters is 1. The summed E-state index contributed by atoms with van der Waals surface area (Å²) in [5.74, 6) is -0.678. The Morgan fingerprint density at radius 3 is 2.07 bits per heavy atom. The van der Waals surface area contributed by atoms with Crippen LogP contribution >= 0.6 is 0 Å². The van der Waals surface area contributed by atoms with Crippen LogP contribution in [0.5, 0.6) is 0 Å². The highest BCUT2D eigenvalue weighted by molar-refractivity contribution is 5.91. The summed E-state index contributed by atoms with van der Waals surface area (Å²) in [7, 11) is 1.24. The maximum atomic E-state index is 12.0. The quantitative estimate of drug-likeness (QED) is 0.339. The van der Waals surface area contributed by atoms with Gasteiger partial charge in [-0.1, -0.05) is 60.7 Å². The zero-order chi connectivity index (χ0) is 20.6. The van der Waals surface area contributed by atoms with Crippen molar-refractivity contribution in [3.63, 3.8) is 0 Å². The Balaban J connectivity index is 1.95. The summed E-state index contributed by atoms with van der Waals surface area (Å²) in [6.45, 7) is 0.669. The first-order valence-corrected chi connectivity index (χ1v) is 8.92. The average Bonchev–Trinajstić information content (AvgIpc) is 2.76. The van der Waals surface area contributed by atoms with E-state index in [1.807, 2.05) is 60.7 Å². The van der Waals surface area contributed by atoms with E-state index < -0.39 is 10.9 Å². The number of carbonyl (C=O) groups is 1. The highest BCUT2D eigenvalue weighted by Crippen LogP contribution is 2.33. The van der Waals surface area contributed by atoms with Gasteiger partial charge >= 0.3 is 11.7 Å². The van der Waals surface area contributed by atoms with Gasteiger partial charge in [-0.25, -0.2) is 9.78 Å². The van der Waals surface area contributed by atoms with Gasteiger partial charge in [0.1, 0.15) is 5.69 Å². The summed E-state index contributed by atoms with van der Waals surface area (Å²) < 4.78 is 4.75. The van der Waals surface area contributed by atoms with Crippen LogP contribution < -0.4 is 10.6 Å². The van der Waals surface area contributed by atoms with Gasteiger partial charge in [0.15, 0.2) is 5.69 Å². The molecule has 2 aromatic carbocycles. The minimum Gasteiger partial charge on any atom is -0.464 e. The van der Waals surface area contributed by atoms with Gasteiger partial charge in [-0.3, -0.25) is 10.1 Å². The van der Waals surface area contributed by atoms with E-state index in [2.05, 4.69) is 15.6 Å². The van der Waals surface area contributed by atoms with Crippen molar-refractivity contribution in [2.75, 3.05) is 17.7 Å². The van der Waals surface area contributed by atoms with Gasteiger partial charge in [-0.05, 0) is 11.1 Å². The van der Waals surface area contributed by atoms with Crippen LogP contribution in [0.15, 0.2) is 66.7 Å². The van der Waals surface area contributed by atoms with Crippen LogP contribution in [0.1, 0.15) is 21.6 Å².